The third kappa shape index (κ3) is 3.46. The van der Waals surface area contributed by atoms with Gasteiger partial charge < -0.3 is 0 Å². The van der Waals surface area contributed by atoms with Crippen LogP contribution in [0.3, 0.4) is 0 Å². The molecule has 23 heavy (non-hydrogen) atoms. The highest BCUT2D eigenvalue weighted by Gasteiger charge is 2.14. The number of halogens is 2. The molecule has 0 saturated heterocycles. The van der Waals surface area contributed by atoms with Gasteiger partial charge in [0.05, 0.1) is 10.6 Å². The first-order valence-electron chi connectivity index (χ1n) is 7.17. The monoisotopic (exact) mass is 326 g/mol. The lowest BCUT2D eigenvalue weighted by Crippen LogP contribution is -2.34. The smallest absolute Gasteiger partial charge is 0.193 e. The maximum Gasteiger partial charge on any atom is 0.193 e. The summed E-state index contributed by atoms with van der Waals surface area (Å²) >= 11 is 6.03. The maximum absolute atomic E-state index is 13.8. The van der Waals surface area contributed by atoms with Crippen molar-refractivity contribution in [1.29, 1.82) is 0 Å². The zero-order valence-corrected chi connectivity index (χ0v) is 13.0. The summed E-state index contributed by atoms with van der Waals surface area (Å²) in [6, 6.07) is 17.2. The Kier molecular flexibility index (Phi) is 4.49. The molecule has 1 heterocycles. The van der Waals surface area contributed by atoms with Gasteiger partial charge in [-0.2, -0.15) is 0 Å². The number of rotatable bonds is 4. The molecular formula is C19H14ClFNO+. The second-order valence-electron chi connectivity index (χ2n) is 5.15. The Morgan fingerprint density at radius 3 is 2.22 bits per heavy atom. The third-order valence-corrected chi connectivity index (χ3v) is 3.95. The topological polar surface area (TPSA) is 20.9 Å². The Morgan fingerprint density at radius 2 is 1.57 bits per heavy atom. The maximum atomic E-state index is 13.8. The number of benzene rings is 2. The third-order valence-electron chi connectivity index (χ3n) is 3.59. The molecule has 4 heteroatoms. The number of ketones is 1. The number of hydrogen-bond donors (Lipinski definition) is 0. The summed E-state index contributed by atoms with van der Waals surface area (Å²) in [5.74, 6) is -0.379. The molecule has 0 N–H and O–H groups in total. The van der Waals surface area contributed by atoms with E-state index in [2.05, 4.69) is 0 Å². The Balaban J connectivity index is 1.81. The SMILES string of the molecule is O=C(c1ccccc1)c1cc[n+](Cc2c(F)cccc2Cl)cc1. The van der Waals surface area contributed by atoms with Crippen molar-refractivity contribution >= 4 is 17.4 Å². The molecule has 0 spiro atoms. The zero-order chi connectivity index (χ0) is 16.2. The number of carbonyl (C=O) groups excluding carboxylic acids is 1. The summed E-state index contributed by atoms with van der Waals surface area (Å²) in [7, 11) is 0. The van der Waals surface area contributed by atoms with Crippen LogP contribution in [0.5, 0.6) is 0 Å². The van der Waals surface area contributed by atoms with Crippen molar-refractivity contribution in [3.63, 3.8) is 0 Å². The largest absolute Gasteiger partial charge is 0.289 e. The van der Waals surface area contributed by atoms with E-state index in [9.17, 15) is 9.18 Å². The fraction of sp³-hybridized carbons (Fsp3) is 0.0526. The van der Waals surface area contributed by atoms with E-state index in [4.69, 9.17) is 11.6 Å². The van der Waals surface area contributed by atoms with Crippen LogP contribution in [0.15, 0.2) is 73.1 Å². The minimum absolute atomic E-state index is 0.0401. The van der Waals surface area contributed by atoms with E-state index in [1.54, 1.807) is 53.4 Å². The first-order chi connectivity index (χ1) is 11.1. The van der Waals surface area contributed by atoms with Gasteiger partial charge >= 0.3 is 0 Å². The molecule has 2 aromatic carbocycles. The molecule has 0 aliphatic rings. The molecule has 0 amide bonds. The molecule has 0 radical (unpaired) electrons. The van der Waals surface area contributed by atoms with Crippen molar-refractivity contribution in [3.8, 4) is 0 Å². The van der Waals surface area contributed by atoms with E-state index >= 15 is 0 Å². The summed E-state index contributed by atoms with van der Waals surface area (Å²) in [5.41, 5.74) is 1.66. The van der Waals surface area contributed by atoms with Crippen LogP contribution >= 0.6 is 11.6 Å². The van der Waals surface area contributed by atoms with Gasteiger partial charge in [-0.3, -0.25) is 4.79 Å². The van der Waals surface area contributed by atoms with Gasteiger partial charge in [-0.1, -0.05) is 48.0 Å². The van der Waals surface area contributed by atoms with E-state index < -0.39 is 0 Å². The van der Waals surface area contributed by atoms with E-state index in [0.29, 0.717) is 28.3 Å². The van der Waals surface area contributed by atoms with Crippen molar-refractivity contribution in [2.45, 2.75) is 6.54 Å². The van der Waals surface area contributed by atoms with Gasteiger partial charge in [0.15, 0.2) is 24.7 Å². The average Bonchev–Trinajstić information content (AvgIpc) is 2.59. The lowest BCUT2D eigenvalue weighted by molar-refractivity contribution is -0.688. The highest BCUT2D eigenvalue weighted by atomic mass is 35.5. The predicted octanol–water partition coefficient (Wildman–Crippen LogP) is 4.05. The highest BCUT2D eigenvalue weighted by molar-refractivity contribution is 6.31. The van der Waals surface area contributed by atoms with Crippen LogP contribution in [0, 0.1) is 5.82 Å². The van der Waals surface area contributed by atoms with Gasteiger partial charge in [-0.05, 0) is 12.1 Å². The van der Waals surface area contributed by atoms with Crippen LogP contribution in [0.25, 0.3) is 0 Å². The van der Waals surface area contributed by atoms with Gasteiger partial charge in [0.2, 0.25) is 0 Å². The van der Waals surface area contributed by atoms with E-state index in [1.165, 1.54) is 6.07 Å². The van der Waals surface area contributed by atoms with Crippen LogP contribution in [-0.4, -0.2) is 5.78 Å². The second-order valence-corrected chi connectivity index (χ2v) is 5.56. The molecule has 0 unspecified atom stereocenters. The molecule has 0 fully saturated rings. The number of nitrogens with zero attached hydrogens (tertiary/aromatic N) is 1. The van der Waals surface area contributed by atoms with Crippen LogP contribution in [0.4, 0.5) is 4.39 Å². The number of pyridine rings is 1. The summed E-state index contributed by atoms with van der Waals surface area (Å²) in [6.45, 7) is 0.311. The normalized spacial score (nSPS) is 10.5. The van der Waals surface area contributed by atoms with Crippen molar-refractivity contribution in [2.75, 3.05) is 0 Å². The molecule has 0 bridgehead atoms. The Labute approximate surface area is 138 Å². The van der Waals surface area contributed by atoms with Crippen molar-refractivity contribution in [1.82, 2.24) is 0 Å². The lowest BCUT2D eigenvalue weighted by atomic mass is 10.0. The van der Waals surface area contributed by atoms with E-state index in [1.807, 2.05) is 18.2 Å². The molecule has 3 rings (SSSR count). The average molecular weight is 327 g/mol. The summed E-state index contributed by atoms with van der Waals surface area (Å²) < 4.78 is 15.6. The van der Waals surface area contributed by atoms with Crippen molar-refractivity contribution in [3.05, 3.63) is 101 Å². The minimum atomic E-state index is -0.338. The fourth-order valence-corrected chi connectivity index (χ4v) is 2.56. The number of carbonyl (C=O) groups is 1. The molecule has 114 valence electrons. The molecule has 1 aromatic heterocycles. The molecular weight excluding hydrogens is 313 g/mol. The zero-order valence-electron chi connectivity index (χ0n) is 12.2. The number of hydrogen-bond acceptors (Lipinski definition) is 1. The van der Waals surface area contributed by atoms with E-state index in [-0.39, 0.29) is 11.6 Å². The van der Waals surface area contributed by atoms with Gasteiger partial charge in [-0.15, -0.1) is 0 Å². The van der Waals surface area contributed by atoms with Crippen molar-refractivity contribution < 1.29 is 13.8 Å². The standard InChI is InChI=1S/C19H14ClFNO/c20-17-7-4-8-18(21)16(17)13-22-11-9-15(10-12-22)19(23)14-5-2-1-3-6-14/h1-12H,13H2/q+1. The summed E-state index contributed by atoms with van der Waals surface area (Å²) in [6.07, 6.45) is 3.50. The Bertz CT molecular complexity index is 811. The molecule has 3 aromatic rings. The first-order valence-corrected chi connectivity index (χ1v) is 7.54. The molecule has 0 atom stereocenters. The molecule has 2 nitrogen and oxygen atoms in total. The molecule has 0 saturated carbocycles. The fourth-order valence-electron chi connectivity index (χ4n) is 2.34. The first kappa shape index (κ1) is 15.4. The van der Waals surface area contributed by atoms with Gasteiger partial charge in [0.25, 0.3) is 0 Å². The van der Waals surface area contributed by atoms with Crippen LogP contribution in [0.2, 0.25) is 5.02 Å². The Morgan fingerprint density at radius 1 is 0.913 bits per heavy atom. The van der Waals surface area contributed by atoms with E-state index in [0.717, 1.165) is 0 Å². The molecule has 0 aliphatic carbocycles. The van der Waals surface area contributed by atoms with Crippen molar-refractivity contribution in [2.24, 2.45) is 0 Å². The van der Waals surface area contributed by atoms with Crippen LogP contribution < -0.4 is 4.57 Å². The van der Waals surface area contributed by atoms with Gasteiger partial charge in [-0.25, -0.2) is 8.96 Å². The second kappa shape index (κ2) is 6.71. The van der Waals surface area contributed by atoms with Crippen LogP contribution in [0.1, 0.15) is 21.5 Å². The minimum Gasteiger partial charge on any atom is -0.289 e. The lowest BCUT2D eigenvalue weighted by Gasteiger charge is -2.03. The number of aromatic nitrogens is 1. The summed E-state index contributed by atoms with van der Waals surface area (Å²) in [4.78, 5) is 12.3. The Hall–Kier alpha value is -2.52. The molecule has 0 aliphatic heterocycles. The van der Waals surface area contributed by atoms with Gasteiger partial charge in [0, 0.05) is 23.3 Å². The summed E-state index contributed by atoms with van der Waals surface area (Å²) in [5, 5.41) is 0.391. The predicted molar refractivity (Wildman–Crippen MR) is 87.0 cm³/mol. The highest BCUT2D eigenvalue weighted by Crippen LogP contribution is 2.18. The quantitative estimate of drug-likeness (QED) is 0.523. The van der Waals surface area contributed by atoms with Crippen LogP contribution in [-0.2, 0) is 6.54 Å². The van der Waals surface area contributed by atoms with Gasteiger partial charge in [0.1, 0.15) is 5.82 Å².